The zero-order valence-corrected chi connectivity index (χ0v) is 10.7. The molecule has 1 aromatic carbocycles. The molecule has 2 aliphatic heterocycles. The molecular formula is C14H20N2O2. The van der Waals surface area contributed by atoms with E-state index in [0.717, 1.165) is 31.1 Å². The van der Waals surface area contributed by atoms with Crippen LogP contribution in [-0.2, 0) is 6.54 Å². The Hall–Kier alpha value is -1.26. The molecule has 0 aliphatic carbocycles. The van der Waals surface area contributed by atoms with E-state index in [1.165, 1.54) is 31.5 Å². The van der Waals surface area contributed by atoms with Crippen LogP contribution in [0.4, 0.5) is 0 Å². The Balaban J connectivity index is 1.42. The monoisotopic (exact) mass is 248 g/mol. The minimum atomic E-state index is 0.348. The number of likely N-dealkylation sites (tertiary alicyclic amines) is 1. The van der Waals surface area contributed by atoms with Crippen LogP contribution in [0, 0.1) is 0 Å². The standard InChI is InChI=1S/C14H20N2O2/c1-2-7-16(6-1)8-5-15-10-12-3-4-13-14(9-12)18-11-17-13/h3-4,9,15H,1-2,5-8,10-11H2. The molecule has 3 rings (SSSR count). The smallest absolute Gasteiger partial charge is 0.231 e. The van der Waals surface area contributed by atoms with Gasteiger partial charge < -0.3 is 19.7 Å². The molecule has 2 heterocycles. The maximum atomic E-state index is 5.37. The van der Waals surface area contributed by atoms with Gasteiger partial charge in [-0.25, -0.2) is 0 Å². The molecule has 0 aromatic heterocycles. The largest absolute Gasteiger partial charge is 0.454 e. The van der Waals surface area contributed by atoms with E-state index in [9.17, 15) is 0 Å². The highest BCUT2D eigenvalue weighted by Crippen LogP contribution is 2.32. The van der Waals surface area contributed by atoms with Crippen LogP contribution in [-0.4, -0.2) is 37.9 Å². The molecule has 0 bridgehead atoms. The minimum Gasteiger partial charge on any atom is -0.454 e. The fraction of sp³-hybridized carbons (Fsp3) is 0.571. The molecule has 1 fully saturated rings. The first-order valence-electron chi connectivity index (χ1n) is 6.73. The molecule has 1 aromatic rings. The molecule has 0 amide bonds. The highest BCUT2D eigenvalue weighted by molar-refractivity contribution is 5.44. The fourth-order valence-corrected chi connectivity index (χ4v) is 2.53. The summed E-state index contributed by atoms with van der Waals surface area (Å²) in [6, 6.07) is 6.14. The van der Waals surface area contributed by atoms with Gasteiger partial charge >= 0.3 is 0 Å². The Labute approximate surface area is 108 Å². The van der Waals surface area contributed by atoms with E-state index >= 15 is 0 Å². The lowest BCUT2D eigenvalue weighted by Gasteiger charge is -2.14. The summed E-state index contributed by atoms with van der Waals surface area (Å²) < 4.78 is 10.7. The van der Waals surface area contributed by atoms with Gasteiger partial charge in [0.15, 0.2) is 11.5 Å². The number of fused-ring (bicyclic) bond motifs is 1. The third kappa shape index (κ3) is 2.76. The molecule has 0 radical (unpaired) electrons. The third-order valence-corrected chi connectivity index (χ3v) is 3.57. The number of ether oxygens (including phenoxy) is 2. The SMILES string of the molecule is c1cc2c(cc1CNCCN1CCCC1)OCO2. The maximum absolute atomic E-state index is 5.37. The van der Waals surface area contributed by atoms with E-state index in [1.807, 2.05) is 6.07 Å². The molecule has 4 nitrogen and oxygen atoms in total. The summed E-state index contributed by atoms with van der Waals surface area (Å²) in [6.45, 7) is 5.99. The average molecular weight is 248 g/mol. The molecule has 0 spiro atoms. The van der Waals surface area contributed by atoms with Crippen LogP contribution in [0.2, 0.25) is 0 Å². The molecule has 18 heavy (non-hydrogen) atoms. The summed E-state index contributed by atoms with van der Waals surface area (Å²) in [5.74, 6) is 1.73. The van der Waals surface area contributed by atoms with E-state index in [2.05, 4.69) is 22.3 Å². The Morgan fingerprint density at radius 2 is 1.94 bits per heavy atom. The van der Waals surface area contributed by atoms with Crippen LogP contribution in [0.1, 0.15) is 18.4 Å². The van der Waals surface area contributed by atoms with Crippen molar-refractivity contribution < 1.29 is 9.47 Å². The van der Waals surface area contributed by atoms with Gasteiger partial charge in [0.25, 0.3) is 0 Å². The lowest BCUT2D eigenvalue weighted by atomic mass is 10.2. The van der Waals surface area contributed by atoms with Crippen molar-refractivity contribution in [2.45, 2.75) is 19.4 Å². The third-order valence-electron chi connectivity index (χ3n) is 3.57. The highest BCUT2D eigenvalue weighted by Gasteiger charge is 2.13. The number of rotatable bonds is 5. The van der Waals surface area contributed by atoms with Gasteiger partial charge in [0.05, 0.1) is 0 Å². The van der Waals surface area contributed by atoms with Gasteiger partial charge in [-0.3, -0.25) is 0 Å². The molecule has 2 aliphatic rings. The van der Waals surface area contributed by atoms with Crippen molar-refractivity contribution in [3.63, 3.8) is 0 Å². The van der Waals surface area contributed by atoms with Crippen LogP contribution in [0.25, 0.3) is 0 Å². The summed E-state index contributed by atoms with van der Waals surface area (Å²) in [5, 5.41) is 3.48. The van der Waals surface area contributed by atoms with E-state index in [4.69, 9.17) is 9.47 Å². The summed E-state index contributed by atoms with van der Waals surface area (Å²) in [5.41, 5.74) is 1.25. The predicted octanol–water partition coefficient (Wildman–Crippen LogP) is 1.60. The van der Waals surface area contributed by atoms with Crippen LogP contribution >= 0.6 is 0 Å². The molecular weight excluding hydrogens is 228 g/mol. The molecule has 98 valence electrons. The molecule has 0 atom stereocenters. The number of hydrogen-bond donors (Lipinski definition) is 1. The number of benzene rings is 1. The van der Waals surface area contributed by atoms with Crippen LogP contribution in [0.3, 0.4) is 0 Å². The van der Waals surface area contributed by atoms with E-state index in [-0.39, 0.29) is 0 Å². The van der Waals surface area contributed by atoms with Gasteiger partial charge in [0, 0.05) is 19.6 Å². The van der Waals surface area contributed by atoms with Crippen LogP contribution in [0.15, 0.2) is 18.2 Å². The lowest BCUT2D eigenvalue weighted by molar-refractivity contribution is 0.174. The summed E-state index contributed by atoms with van der Waals surface area (Å²) >= 11 is 0. The van der Waals surface area contributed by atoms with E-state index in [0.29, 0.717) is 6.79 Å². The Morgan fingerprint density at radius 1 is 1.11 bits per heavy atom. The zero-order chi connectivity index (χ0) is 12.2. The first-order chi connectivity index (χ1) is 8.92. The number of nitrogens with one attached hydrogen (secondary N) is 1. The fourth-order valence-electron chi connectivity index (χ4n) is 2.53. The molecule has 0 unspecified atom stereocenters. The summed E-state index contributed by atoms with van der Waals surface area (Å²) in [7, 11) is 0. The average Bonchev–Trinajstić information content (AvgIpc) is 3.05. The van der Waals surface area contributed by atoms with Crippen molar-refractivity contribution >= 4 is 0 Å². The quantitative estimate of drug-likeness (QED) is 0.803. The second-order valence-electron chi connectivity index (χ2n) is 4.91. The van der Waals surface area contributed by atoms with Crippen LogP contribution in [0.5, 0.6) is 11.5 Å². The van der Waals surface area contributed by atoms with Gasteiger partial charge in [0.2, 0.25) is 6.79 Å². The first-order valence-corrected chi connectivity index (χ1v) is 6.73. The Morgan fingerprint density at radius 3 is 2.83 bits per heavy atom. The van der Waals surface area contributed by atoms with E-state index in [1.54, 1.807) is 0 Å². The molecule has 4 heteroatoms. The number of nitrogens with zero attached hydrogens (tertiary/aromatic N) is 1. The van der Waals surface area contributed by atoms with Crippen molar-refractivity contribution in [1.29, 1.82) is 0 Å². The molecule has 1 saturated heterocycles. The predicted molar refractivity (Wildman–Crippen MR) is 69.9 cm³/mol. The van der Waals surface area contributed by atoms with Gasteiger partial charge in [-0.2, -0.15) is 0 Å². The van der Waals surface area contributed by atoms with Crippen LogP contribution < -0.4 is 14.8 Å². The Bertz CT molecular complexity index is 403. The molecule has 0 saturated carbocycles. The summed E-state index contributed by atoms with van der Waals surface area (Å²) in [4.78, 5) is 2.52. The van der Waals surface area contributed by atoms with Crippen molar-refractivity contribution in [3.05, 3.63) is 23.8 Å². The number of hydrogen-bond acceptors (Lipinski definition) is 4. The minimum absolute atomic E-state index is 0.348. The lowest BCUT2D eigenvalue weighted by Crippen LogP contribution is -2.29. The maximum Gasteiger partial charge on any atom is 0.231 e. The van der Waals surface area contributed by atoms with Gasteiger partial charge in [0.1, 0.15) is 0 Å². The second-order valence-corrected chi connectivity index (χ2v) is 4.91. The van der Waals surface area contributed by atoms with Crippen molar-refractivity contribution in [2.75, 3.05) is 33.0 Å². The van der Waals surface area contributed by atoms with Crippen molar-refractivity contribution in [2.24, 2.45) is 0 Å². The van der Waals surface area contributed by atoms with Gasteiger partial charge in [-0.1, -0.05) is 6.07 Å². The normalized spacial score (nSPS) is 18.4. The Kier molecular flexibility index (Phi) is 3.67. The second kappa shape index (κ2) is 5.59. The van der Waals surface area contributed by atoms with Gasteiger partial charge in [-0.05, 0) is 43.6 Å². The van der Waals surface area contributed by atoms with E-state index < -0.39 is 0 Å². The topological polar surface area (TPSA) is 33.7 Å². The summed E-state index contributed by atoms with van der Waals surface area (Å²) in [6.07, 6.45) is 2.73. The zero-order valence-electron chi connectivity index (χ0n) is 10.7. The first kappa shape index (κ1) is 11.8. The highest BCUT2D eigenvalue weighted by atomic mass is 16.7. The van der Waals surface area contributed by atoms with Crippen molar-refractivity contribution in [1.82, 2.24) is 10.2 Å². The van der Waals surface area contributed by atoms with Crippen molar-refractivity contribution in [3.8, 4) is 11.5 Å². The molecule has 1 N–H and O–H groups in total. The van der Waals surface area contributed by atoms with Gasteiger partial charge in [-0.15, -0.1) is 0 Å².